The van der Waals surface area contributed by atoms with Crippen molar-refractivity contribution in [2.24, 2.45) is 5.92 Å². The maximum atomic E-state index is 12.4. The highest BCUT2D eigenvalue weighted by Gasteiger charge is 2.24. The van der Waals surface area contributed by atoms with Crippen LogP contribution in [-0.4, -0.2) is 43.5 Å². The van der Waals surface area contributed by atoms with Crippen molar-refractivity contribution >= 4 is 17.6 Å². The van der Waals surface area contributed by atoms with Crippen LogP contribution in [0.25, 0.3) is 0 Å². The summed E-state index contributed by atoms with van der Waals surface area (Å²) < 4.78 is 5.04. The van der Waals surface area contributed by atoms with E-state index in [1.807, 2.05) is 13.0 Å². The van der Waals surface area contributed by atoms with Gasteiger partial charge >= 0.3 is 5.97 Å². The maximum Gasteiger partial charge on any atom is 0.338 e. The van der Waals surface area contributed by atoms with Gasteiger partial charge in [-0.3, -0.25) is 4.79 Å². The Hall–Kier alpha value is -1.88. The van der Waals surface area contributed by atoms with E-state index in [9.17, 15) is 9.59 Å². The van der Waals surface area contributed by atoms with E-state index in [0.717, 1.165) is 31.5 Å². The molecule has 0 saturated carbocycles. The lowest BCUT2D eigenvalue weighted by Crippen LogP contribution is -2.36. The molecule has 1 heterocycles. The maximum absolute atomic E-state index is 12.4. The molecule has 1 aromatic rings. The third kappa shape index (κ3) is 3.85. The van der Waals surface area contributed by atoms with Crippen molar-refractivity contribution in [1.82, 2.24) is 4.90 Å². The van der Waals surface area contributed by atoms with Crippen LogP contribution in [0.15, 0.2) is 18.2 Å². The summed E-state index contributed by atoms with van der Waals surface area (Å²) in [7, 11) is 2.07. The quantitative estimate of drug-likeness (QED) is 0.868. The summed E-state index contributed by atoms with van der Waals surface area (Å²) in [5, 5.41) is 2.97. The first-order valence-electron chi connectivity index (χ1n) is 7.79. The number of carbonyl (C=O) groups excluding carboxylic acids is 2. The van der Waals surface area contributed by atoms with Crippen molar-refractivity contribution in [2.45, 2.75) is 26.7 Å². The zero-order chi connectivity index (χ0) is 16.1. The Kier molecular flexibility index (Phi) is 5.55. The lowest BCUT2D eigenvalue weighted by atomic mass is 9.96. The number of likely N-dealkylation sites (tertiary alicyclic amines) is 1. The summed E-state index contributed by atoms with van der Waals surface area (Å²) in [6.07, 6.45) is 1.75. The Bertz CT molecular complexity index is 549. The van der Waals surface area contributed by atoms with E-state index in [0.29, 0.717) is 17.9 Å². The fraction of sp³-hybridized carbons (Fsp3) is 0.529. The van der Waals surface area contributed by atoms with Crippen LogP contribution in [0.4, 0.5) is 5.69 Å². The third-order valence-corrected chi connectivity index (χ3v) is 4.18. The van der Waals surface area contributed by atoms with Crippen LogP contribution >= 0.6 is 0 Å². The largest absolute Gasteiger partial charge is 0.462 e. The highest BCUT2D eigenvalue weighted by Crippen LogP contribution is 2.23. The molecule has 0 aliphatic carbocycles. The highest BCUT2D eigenvalue weighted by atomic mass is 16.5. The minimum Gasteiger partial charge on any atom is -0.462 e. The zero-order valence-corrected chi connectivity index (χ0v) is 13.5. The molecule has 0 atom stereocenters. The SMILES string of the molecule is CCOC(=O)c1cccc(NC(=O)C2CCN(C)CC2)c1C. The van der Waals surface area contributed by atoms with E-state index >= 15 is 0 Å². The van der Waals surface area contributed by atoms with Gasteiger partial charge in [0.1, 0.15) is 0 Å². The summed E-state index contributed by atoms with van der Waals surface area (Å²) in [5.74, 6) is -0.269. The molecule has 0 spiro atoms. The second-order valence-corrected chi connectivity index (χ2v) is 5.77. The number of hydrogen-bond acceptors (Lipinski definition) is 4. The van der Waals surface area contributed by atoms with Crippen LogP contribution in [-0.2, 0) is 9.53 Å². The molecule has 0 radical (unpaired) electrons. The summed E-state index contributed by atoms with van der Waals surface area (Å²) in [5.41, 5.74) is 1.94. The number of amides is 1. The number of nitrogens with zero attached hydrogens (tertiary/aromatic N) is 1. The molecule has 120 valence electrons. The molecule has 22 heavy (non-hydrogen) atoms. The first-order valence-corrected chi connectivity index (χ1v) is 7.79. The predicted octanol–water partition coefficient (Wildman–Crippen LogP) is 2.45. The Labute approximate surface area is 131 Å². The van der Waals surface area contributed by atoms with Crippen LogP contribution in [0, 0.1) is 12.8 Å². The van der Waals surface area contributed by atoms with Gasteiger partial charge in [-0.15, -0.1) is 0 Å². The van der Waals surface area contributed by atoms with E-state index in [1.165, 1.54) is 0 Å². The molecule has 1 amide bonds. The van der Waals surface area contributed by atoms with E-state index in [2.05, 4.69) is 17.3 Å². The summed E-state index contributed by atoms with van der Waals surface area (Å²) >= 11 is 0. The molecular weight excluding hydrogens is 280 g/mol. The first-order chi connectivity index (χ1) is 10.5. The van der Waals surface area contributed by atoms with Crippen LogP contribution < -0.4 is 5.32 Å². The molecule has 1 N–H and O–H groups in total. The van der Waals surface area contributed by atoms with E-state index in [1.54, 1.807) is 19.1 Å². The van der Waals surface area contributed by atoms with Crippen molar-refractivity contribution in [3.8, 4) is 0 Å². The van der Waals surface area contributed by atoms with Gasteiger partial charge < -0.3 is 15.0 Å². The number of rotatable bonds is 4. The standard InChI is InChI=1S/C17H24N2O3/c1-4-22-17(21)14-6-5-7-15(12(14)2)18-16(20)13-8-10-19(3)11-9-13/h5-7,13H,4,8-11H2,1-3H3,(H,18,20). The molecule has 0 bridgehead atoms. The number of ether oxygens (including phenoxy) is 1. The van der Waals surface area contributed by atoms with Gasteiger partial charge in [0.05, 0.1) is 12.2 Å². The third-order valence-electron chi connectivity index (χ3n) is 4.18. The Balaban J connectivity index is 2.08. The molecule has 1 aliphatic heterocycles. The van der Waals surface area contributed by atoms with Crippen molar-refractivity contribution in [1.29, 1.82) is 0 Å². The summed E-state index contributed by atoms with van der Waals surface area (Å²) in [6, 6.07) is 5.31. The van der Waals surface area contributed by atoms with Crippen LogP contribution in [0.2, 0.25) is 0 Å². The van der Waals surface area contributed by atoms with Crippen LogP contribution in [0.1, 0.15) is 35.7 Å². The fourth-order valence-corrected chi connectivity index (χ4v) is 2.71. The van der Waals surface area contributed by atoms with Gasteiger partial charge in [0.25, 0.3) is 0 Å². The van der Waals surface area contributed by atoms with Gasteiger partial charge in [-0.2, -0.15) is 0 Å². The molecular formula is C17H24N2O3. The lowest BCUT2D eigenvalue weighted by molar-refractivity contribution is -0.121. The van der Waals surface area contributed by atoms with Gasteiger partial charge in [0.2, 0.25) is 5.91 Å². The second-order valence-electron chi connectivity index (χ2n) is 5.77. The predicted molar refractivity (Wildman–Crippen MR) is 86.0 cm³/mol. The lowest BCUT2D eigenvalue weighted by Gasteiger charge is -2.28. The average Bonchev–Trinajstić information content (AvgIpc) is 2.50. The Morgan fingerprint density at radius 3 is 2.64 bits per heavy atom. The molecule has 2 rings (SSSR count). The van der Waals surface area contributed by atoms with Gasteiger partial charge in [0.15, 0.2) is 0 Å². The summed E-state index contributed by atoms with van der Waals surface area (Å²) in [4.78, 5) is 26.5. The van der Waals surface area contributed by atoms with Crippen LogP contribution in [0.3, 0.4) is 0 Å². The molecule has 0 aromatic heterocycles. The molecule has 1 aliphatic rings. The molecule has 5 heteroatoms. The Morgan fingerprint density at radius 1 is 1.32 bits per heavy atom. The number of nitrogens with one attached hydrogen (secondary N) is 1. The highest BCUT2D eigenvalue weighted by molar-refractivity contribution is 5.97. The van der Waals surface area contributed by atoms with Gasteiger partial charge in [-0.1, -0.05) is 6.07 Å². The number of esters is 1. The van der Waals surface area contributed by atoms with Gasteiger partial charge in [0, 0.05) is 11.6 Å². The summed E-state index contributed by atoms with van der Waals surface area (Å²) in [6.45, 7) is 5.83. The average molecular weight is 304 g/mol. The zero-order valence-electron chi connectivity index (χ0n) is 13.5. The number of piperidine rings is 1. The van der Waals surface area contributed by atoms with Crippen LogP contribution in [0.5, 0.6) is 0 Å². The van der Waals surface area contributed by atoms with E-state index < -0.39 is 0 Å². The molecule has 0 unspecified atom stereocenters. The van der Waals surface area contributed by atoms with Crippen molar-refractivity contribution in [3.63, 3.8) is 0 Å². The van der Waals surface area contributed by atoms with E-state index in [4.69, 9.17) is 4.74 Å². The number of benzene rings is 1. The normalized spacial score (nSPS) is 16.3. The topological polar surface area (TPSA) is 58.6 Å². The molecule has 1 saturated heterocycles. The fourth-order valence-electron chi connectivity index (χ4n) is 2.71. The minimum atomic E-state index is -0.351. The Morgan fingerprint density at radius 2 is 2.00 bits per heavy atom. The van der Waals surface area contributed by atoms with Crippen molar-refractivity contribution in [2.75, 3.05) is 32.1 Å². The van der Waals surface area contributed by atoms with Crippen molar-refractivity contribution in [3.05, 3.63) is 29.3 Å². The molecule has 1 fully saturated rings. The minimum absolute atomic E-state index is 0.0391. The molecule has 5 nitrogen and oxygen atoms in total. The number of hydrogen-bond donors (Lipinski definition) is 1. The number of carbonyl (C=O) groups is 2. The smallest absolute Gasteiger partial charge is 0.338 e. The number of anilines is 1. The van der Waals surface area contributed by atoms with E-state index in [-0.39, 0.29) is 17.8 Å². The monoisotopic (exact) mass is 304 g/mol. The van der Waals surface area contributed by atoms with Crippen molar-refractivity contribution < 1.29 is 14.3 Å². The van der Waals surface area contributed by atoms with Gasteiger partial charge in [-0.05, 0) is 64.5 Å². The molecule has 1 aromatic carbocycles. The first kappa shape index (κ1) is 16.5. The second kappa shape index (κ2) is 7.40. The van der Waals surface area contributed by atoms with Gasteiger partial charge in [-0.25, -0.2) is 4.79 Å².